The van der Waals surface area contributed by atoms with Crippen LogP contribution in [0, 0.1) is 0 Å². The SMILES string of the molecule is CC1CCNC(CC(=O)O)C(=O)N1C. The van der Waals surface area contributed by atoms with E-state index in [4.69, 9.17) is 5.11 Å². The summed E-state index contributed by atoms with van der Waals surface area (Å²) < 4.78 is 0. The molecular weight excluding hydrogens is 184 g/mol. The quantitative estimate of drug-likeness (QED) is 0.640. The number of carbonyl (C=O) groups is 2. The maximum atomic E-state index is 11.7. The molecule has 2 unspecified atom stereocenters. The fraction of sp³-hybridized carbons (Fsp3) is 0.778. The van der Waals surface area contributed by atoms with Gasteiger partial charge in [-0.2, -0.15) is 0 Å². The number of carbonyl (C=O) groups excluding carboxylic acids is 1. The van der Waals surface area contributed by atoms with Crippen molar-refractivity contribution < 1.29 is 14.7 Å². The fourth-order valence-electron chi connectivity index (χ4n) is 1.54. The van der Waals surface area contributed by atoms with Crippen LogP contribution in [0.3, 0.4) is 0 Å². The van der Waals surface area contributed by atoms with E-state index in [-0.39, 0.29) is 18.4 Å². The molecule has 0 aromatic rings. The summed E-state index contributed by atoms with van der Waals surface area (Å²) in [4.78, 5) is 23.8. The van der Waals surface area contributed by atoms with Gasteiger partial charge in [-0.05, 0) is 19.9 Å². The first-order valence-corrected chi connectivity index (χ1v) is 4.74. The van der Waals surface area contributed by atoms with E-state index in [1.165, 1.54) is 0 Å². The maximum absolute atomic E-state index is 11.7. The molecule has 0 saturated carbocycles. The van der Waals surface area contributed by atoms with E-state index in [2.05, 4.69) is 5.32 Å². The minimum absolute atomic E-state index is 0.127. The zero-order valence-electron chi connectivity index (χ0n) is 8.49. The van der Waals surface area contributed by atoms with Crippen molar-refractivity contribution in [1.82, 2.24) is 10.2 Å². The van der Waals surface area contributed by atoms with Crippen LogP contribution in [-0.2, 0) is 9.59 Å². The lowest BCUT2D eigenvalue weighted by atomic mass is 10.2. The number of nitrogens with zero attached hydrogens (tertiary/aromatic N) is 1. The third kappa shape index (κ3) is 2.45. The van der Waals surface area contributed by atoms with Crippen molar-refractivity contribution in [1.29, 1.82) is 0 Å². The van der Waals surface area contributed by atoms with E-state index in [0.717, 1.165) is 6.42 Å². The molecule has 0 aliphatic carbocycles. The fourth-order valence-corrected chi connectivity index (χ4v) is 1.54. The lowest BCUT2D eigenvalue weighted by Crippen LogP contribution is -2.44. The molecule has 0 radical (unpaired) electrons. The number of hydrogen-bond donors (Lipinski definition) is 2. The summed E-state index contributed by atoms with van der Waals surface area (Å²) >= 11 is 0. The van der Waals surface area contributed by atoms with Crippen LogP contribution in [0.1, 0.15) is 19.8 Å². The zero-order chi connectivity index (χ0) is 10.7. The van der Waals surface area contributed by atoms with Gasteiger partial charge in [0, 0.05) is 13.1 Å². The molecule has 5 heteroatoms. The van der Waals surface area contributed by atoms with Crippen LogP contribution in [0.5, 0.6) is 0 Å². The lowest BCUT2D eigenvalue weighted by molar-refractivity contribution is -0.142. The molecule has 1 heterocycles. The first-order valence-electron chi connectivity index (χ1n) is 4.74. The monoisotopic (exact) mass is 200 g/mol. The Morgan fingerprint density at radius 3 is 2.93 bits per heavy atom. The maximum Gasteiger partial charge on any atom is 0.305 e. The molecule has 14 heavy (non-hydrogen) atoms. The van der Waals surface area contributed by atoms with Crippen molar-refractivity contribution in [2.45, 2.75) is 31.8 Å². The number of amides is 1. The molecule has 0 spiro atoms. The highest BCUT2D eigenvalue weighted by molar-refractivity contribution is 5.86. The van der Waals surface area contributed by atoms with Gasteiger partial charge in [-0.3, -0.25) is 9.59 Å². The molecule has 0 aromatic carbocycles. The minimum Gasteiger partial charge on any atom is -0.481 e. The Balaban J connectivity index is 2.67. The number of aliphatic carboxylic acids is 1. The normalized spacial score (nSPS) is 28.7. The van der Waals surface area contributed by atoms with Gasteiger partial charge in [0.15, 0.2) is 0 Å². The van der Waals surface area contributed by atoms with Gasteiger partial charge in [-0.25, -0.2) is 0 Å². The van der Waals surface area contributed by atoms with Crippen LogP contribution in [0.4, 0.5) is 0 Å². The number of nitrogens with one attached hydrogen (secondary N) is 1. The molecule has 1 rings (SSSR count). The van der Waals surface area contributed by atoms with Gasteiger partial charge in [-0.1, -0.05) is 0 Å². The van der Waals surface area contributed by atoms with Crippen LogP contribution >= 0.6 is 0 Å². The molecule has 1 aliphatic rings. The van der Waals surface area contributed by atoms with E-state index >= 15 is 0 Å². The number of likely N-dealkylation sites (N-methyl/N-ethyl adjacent to an activating group) is 1. The van der Waals surface area contributed by atoms with E-state index in [0.29, 0.717) is 6.54 Å². The van der Waals surface area contributed by atoms with E-state index in [1.54, 1.807) is 11.9 Å². The number of hydrogen-bond acceptors (Lipinski definition) is 3. The first kappa shape index (κ1) is 11.0. The highest BCUT2D eigenvalue weighted by Crippen LogP contribution is 2.09. The smallest absolute Gasteiger partial charge is 0.305 e. The molecular formula is C9H16N2O3. The topological polar surface area (TPSA) is 69.6 Å². The van der Waals surface area contributed by atoms with Crippen LogP contribution in [-0.4, -0.2) is 47.6 Å². The highest BCUT2D eigenvalue weighted by atomic mass is 16.4. The minimum atomic E-state index is -0.946. The molecule has 1 saturated heterocycles. The Morgan fingerprint density at radius 1 is 1.71 bits per heavy atom. The van der Waals surface area contributed by atoms with E-state index in [1.807, 2.05) is 6.92 Å². The molecule has 0 aromatic heterocycles. The summed E-state index contributed by atoms with van der Waals surface area (Å²) in [6.07, 6.45) is 0.717. The average Bonchev–Trinajstić information content (AvgIpc) is 2.21. The van der Waals surface area contributed by atoms with Crippen molar-refractivity contribution in [3.05, 3.63) is 0 Å². The molecule has 80 valence electrons. The second-order valence-corrected chi connectivity index (χ2v) is 3.69. The molecule has 5 nitrogen and oxygen atoms in total. The molecule has 1 amide bonds. The average molecular weight is 200 g/mol. The molecule has 2 N–H and O–H groups in total. The summed E-state index contributed by atoms with van der Waals surface area (Å²) in [5, 5.41) is 11.6. The largest absolute Gasteiger partial charge is 0.481 e. The molecule has 1 fully saturated rings. The van der Waals surface area contributed by atoms with Crippen molar-refractivity contribution in [2.24, 2.45) is 0 Å². The molecule has 2 atom stereocenters. The van der Waals surface area contributed by atoms with Gasteiger partial charge in [0.1, 0.15) is 0 Å². The van der Waals surface area contributed by atoms with Gasteiger partial charge < -0.3 is 15.3 Å². The Hall–Kier alpha value is -1.10. The van der Waals surface area contributed by atoms with Gasteiger partial charge >= 0.3 is 5.97 Å². The standard InChI is InChI=1S/C9H16N2O3/c1-6-3-4-10-7(5-8(12)13)9(14)11(6)2/h6-7,10H,3-5H2,1-2H3,(H,12,13). The van der Waals surface area contributed by atoms with Crippen molar-refractivity contribution in [3.63, 3.8) is 0 Å². The van der Waals surface area contributed by atoms with Crippen LogP contribution in [0.25, 0.3) is 0 Å². The van der Waals surface area contributed by atoms with Gasteiger partial charge in [-0.15, -0.1) is 0 Å². The third-order valence-corrected chi connectivity index (χ3v) is 2.64. The lowest BCUT2D eigenvalue weighted by Gasteiger charge is -2.23. The summed E-state index contributed by atoms with van der Waals surface area (Å²) in [5.41, 5.74) is 0. The Morgan fingerprint density at radius 2 is 2.36 bits per heavy atom. The van der Waals surface area contributed by atoms with Crippen LogP contribution < -0.4 is 5.32 Å². The summed E-state index contributed by atoms with van der Waals surface area (Å²) in [7, 11) is 1.72. The molecule has 1 aliphatic heterocycles. The predicted molar refractivity (Wildman–Crippen MR) is 50.9 cm³/mol. The van der Waals surface area contributed by atoms with E-state index < -0.39 is 12.0 Å². The van der Waals surface area contributed by atoms with Crippen LogP contribution in [0.2, 0.25) is 0 Å². The third-order valence-electron chi connectivity index (χ3n) is 2.64. The Labute approximate surface area is 83.1 Å². The van der Waals surface area contributed by atoms with Gasteiger partial charge in [0.2, 0.25) is 5.91 Å². The van der Waals surface area contributed by atoms with Gasteiger partial charge in [0.25, 0.3) is 0 Å². The van der Waals surface area contributed by atoms with Gasteiger partial charge in [0.05, 0.1) is 12.5 Å². The highest BCUT2D eigenvalue weighted by Gasteiger charge is 2.29. The summed E-state index contributed by atoms with van der Waals surface area (Å²) in [6.45, 7) is 2.65. The number of carboxylic acid groups (broad SMARTS) is 1. The summed E-state index contributed by atoms with van der Waals surface area (Å²) in [5.74, 6) is -1.07. The Bertz CT molecular complexity index is 242. The zero-order valence-corrected chi connectivity index (χ0v) is 8.49. The first-order chi connectivity index (χ1) is 6.52. The van der Waals surface area contributed by atoms with Crippen LogP contribution in [0.15, 0.2) is 0 Å². The van der Waals surface area contributed by atoms with Crippen molar-refractivity contribution in [3.8, 4) is 0 Å². The second kappa shape index (κ2) is 4.41. The number of carboxylic acids is 1. The number of rotatable bonds is 2. The molecule has 0 bridgehead atoms. The van der Waals surface area contributed by atoms with Crippen molar-refractivity contribution in [2.75, 3.05) is 13.6 Å². The predicted octanol–water partition coefficient (Wildman–Crippen LogP) is -0.330. The second-order valence-electron chi connectivity index (χ2n) is 3.69. The van der Waals surface area contributed by atoms with Crippen molar-refractivity contribution >= 4 is 11.9 Å². The Kier molecular flexibility index (Phi) is 3.46. The van der Waals surface area contributed by atoms with E-state index in [9.17, 15) is 9.59 Å². The summed E-state index contributed by atoms with van der Waals surface area (Å²) in [6, 6.07) is -0.392.